The maximum absolute atomic E-state index is 13.1. The third-order valence-corrected chi connectivity index (χ3v) is 19.4. The molecule has 0 aromatic carbocycles. The first-order valence-corrected chi connectivity index (χ1v) is 41.4. The molecule has 0 saturated carbocycles. The number of phosphoric acid groups is 2. The van der Waals surface area contributed by atoms with Gasteiger partial charge in [-0.05, 0) is 43.4 Å². The molecule has 17 nitrogen and oxygen atoms in total. The number of carbonyl (C=O) groups is 4. The Labute approximate surface area is 568 Å². The molecule has 3 unspecified atom stereocenters. The highest BCUT2D eigenvalue weighted by Gasteiger charge is 2.30. The number of carbonyl (C=O) groups excluding carboxylic acids is 4. The predicted octanol–water partition coefficient (Wildman–Crippen LogP) is 21.4. The van der Waals surface area contributed by atoms with Crippen molar-refractivity contribution < 1.29 is 80.2 Å². The van der Waals surface area contributed by atoms with Crippen LogP contribution in [0.25, 0.3) is 0 Å². The zero-order valence-corrected chi connectivity index (χ0v) is 62.5. The highest BCUT2D eigenvalue weighted by atomic mass is 31.2. The molecular weight excluding hydrogens is 1220 g/mol. The predicted molar refractivity (Wildman–Crippen MR) is 377 cm³/mol. The van der Waals surface area contributed by atoms with Gasteiger partial charge in [-0.25, -0.2) is 9.13 Å². The van der Waals surface area contributed by atoms with Crippen LogP contribution in [0.5, 0.6) is 0 Å². The summed E-state index contributed by atoms with van der Waals surface area (Å²) in [7, 11) is -9.91. The van der Waals surface area contributed by atoms with Gasteiger partial charge < -0.3 is 33.8 Å². The van der Waals surface area contributed by atoms with E-state index in [0.717, 1.165) is 108 Å². The Morgan fingerprint density at radius 3 is 0.817 bits per heavy atom. The van der Waals surface area contributed by atoms with Crippen molar-refractivity contribution in [3.05, 3.63) is 0 Å². The van der Waals surface area contributed by atoms with E-state index in [1.807, 2.05) is 0 Å². The minimum absolute atomic E-state index is 0.105. The summed E-state index contributed by atoms with van der Waals surface area (Å²) in [6, 6.07) is 0. The molecule has 0 amide bonds. The first-order valence-electron chi connectivity index (χ1n) is 38.4. The summed E-state index contributed by atoms with van der Waals surface area (Å²) in [6.07, 6.45) is 49.8. The summed E-state index contributed by atoms with van der Waals surface area (Å²) >= 11 is 0. The fourth-order valence-corrected chi connectivity index (χ4v) is 12.8. The van der Waals surface area contributed by atoms with Crippen LogP contribution in [0.1, 0.15) is 376 Å². The second-order valence-corrected chi connectivity index (χ2v) is 30.8. The van der Waals surface area contributed by atoms with Crippen molar-refractivity contribution in [3.63, 3.8) is 0 Å². The number of phosphoric ester groups is 2. The Hall–Kier alpha value is -1.94. The minimum Gasteiger partial charge on any atom is -0.462 e. The quantitative estimate of drug-likeness (QED) is 0.0222. The molecule has 0 aliphatic rings. The molecule has 6 atom stereocenters. The van der Waals surface area contributed by atoms with E-state index in [1.165, 1.54) is 186 Å². The Kier molecular flexibility index (Phi) is 63.4. The first-order chi connectivity index (χ1) is 44.8. The van der Waals surface area contributed by atoms with Crippen LogP contribution in [0.3, 0.4) is 0 Å². The number of unbranched alkanes of at least 4 members (excludes halogenated alkanes) is 39. The standard InChI is InChI=1S/C74H144O17P2/c1-8-10-11-12-13-14-27-34-41-48-55-71(76)84-61-70(91-74(79)58-51-44-37-30-23-25-32-39-46-53-66(5)6)64-89-93(82,83)87-60-68(75)59-86-92(80,81)88-63-69(62-85-72(77)56-49-42-35-28-22-21-24-31-38-45-52-65(3)4)90-73(78)57-50-43-36-29-20-18-16-15-17-19-26-33-40-47-54-67(7)9-2/h65-70,75H,8-64H2,1-7H3,(H,80,81)(H,82,83)/t67?,68-,69-,70-/m1/s1. The normalized spacial score (nSPS) is 14.4. The molecule has 0 radical (unpaired) electrons. The van der Waals surface area contributed by atoms with Crippen LogP contribution in [-0.2, 0) is 65.4 Å². The van der Waals surface area contributed by atoms with E-state index in [4.69, 9.17) is 37.0 Å². The molecule has 0 aliphatic carbocycles. The van der Waals surface area contributed by atoms with Crippen molar-refractivity contribution >= 4 is 39.5 Å². The number of aliphatic hydroxyl groups excluding tert-OH is 1. The number of ether oxygens (including phenoxy) is 4. The topological polar surface area (TPSA) is 237 Å². The van der Waals surface area contributed by atoms with Crippen molar-refractivity contribution in [2.75, 3.05) is 39.6 Å². The number of hydrogen-bond donors (Lipinski definition) is 3. The summed E-state index contributed by atoms with van der Waals surface area (Å²) in [5.41, 5.74) is 0. The van der Waals surface area contributed by atoms with Crippen LogP contribution >= 0.6 is 15.6 Å². The summed E-state index contributed by atoms with van der Waals surface area (Å²) < 4.78 is 68.4. The summed E-state index contributed by atoms with van der Waals surface area (Å²) in [5, 5.41) is 10.6. The highest BCUT2D eigenvalue weighted by Crippen LogP contribution is 2.45. The first kappa shape index (κ1) is 91.1. The lowest BCUT2D eigenvalue weighted by Crippen LogP contribution is -2.30. The second kappa shape index (κ2) is 64.7. The van der Waals surface area contributed by atoms with Gasteiger partial charge in [0.1, 0.15) is 19.3 Å². The third kappa shape index (κ3) is 67.0. The molecule has 0 heterocycles. The number of esters is 4. The molecule has 0 rings (SSSR count). The number of rotatable bonds is 72. The average Bonchev–Trinajstić information content (AvgIpc) is 1.62. The molecule has 0 spiro atoms. The molecule has 0 bridgehead atoms. The molecule has 0 aromatic heterocycles. The minimum atomic E-state index is -4.96. The van der Waals surface area contributed by atoms with Crippen molar-refractivity contribution in [2.24, 2.45) is 17.8 Å². The van der Waals surface area contributed by atoms with Gasteiger partial charge in [0.15, 0.2) is 12.2 Å². The van der Waals surface area contributed by atoms with Gasteiger partial charge in [0, 0.05) is 25.7 Å². The highest BCUT2D eigenvalue weighted by molar-refractivity contribution is 7.47. The molecular formula is C74H144O17P2. The monoisotopic (exact) mass is 1370 g/mol. The summed E-state index contributed by atoms with van der Waals surface area (Å²) in [6.45, 7) is 11.9. The van der Waals surface area contributed by atoms with Crippen LogP contribution in [0, 0.1) is 17.8 Å². The van der Waals surface area contributed by atoms with E-state index >= 15 is 0 Å². The van der Waals surface area contributed by atoms with Crippen LogP contribution < -0.4 is 0 Å². The zero-order valence-electron chi connectivity index (χ0n) is 60.7. The fourth-order valence-electron chi connectivity index (χ4n) is 11.2. The molecule has 0 fully saturated rings. The van der Waals surface area contributed by atoms with Gasteiger partial charge in [-0.3, -0.25) is 37.3 Å². The average molecular weight is 1370 g/mol. The van der Waals surface area contributed by atoms with Crippen molar-refractivity contribution in [2.45, 2.75) is 394 Å². The van der Waals surface area contributed by atoms with Gasteiger partial charge >= 0.3 is 39.5 Å². The lowest BCUT2D eigenvalue weighted by atomic mass is 9.99. The maximum Gasteiger partial charge on any atom is 0.472 e. The Morgan fingerprint density at radius 1 is 0.312 bits per heavy atom. The molecule has 19 heteroatoms. The molecule has 93 heavy (non-hydrogen) atoms. The third-order valence-electron chi connectivity index (χ3n) is 17.5. The van der Waals surface area contributed by atoms with Crippen molar-refractivity contribution in [1.82, 2.24) is 0 Å². The second-order valence-electron chi connectivity index (χ2n) is 27.9. The molecule has 0 saturated heterocycles. The van der Waals surface area contributed by atoms with Gasteiger partial charge in [0.05, 0.1) is 26.4 Å². The summed E-state index contributed by atoms with van der Waals surface area (Å²) in [4.78, 5) is 72.7. The molecule has 552 valence electrons. The van der Waals surface area contributed by atoms with E-state index < -0.39 is 97.5 Å². The number of aliphatic hydroxyl groups is 1. The van der Waals surface area contributed by atoms with E-state index in [0.29, 0.717) is 25.7 Å². The van der Waals surface area contributed by atoms with E-state index in [-0.39, 0.29) is 25.7 Å². The van der Waals surface area contributed by atoms with Gasteiger partial charge in [0.2, 0.25) is 0 Å². The molecule has 0 aliphatic heterocycles. The van der Waals surface area contributed by atoms with Crippen LogP contribution in [0.4, 0.5) is 0 Å². The van der Waals surface area contributed by atoms with Gasteiger partial charge in [-0.15, -0.1) is 0 Å². The van der Waals surface area contributed by atoms with Crippen LogP contribution in [0.2, 0.25) is 0 Å². The van der Waals surface area contributed by atoms with Crippen molar-refractivity contribution in [1.29, 1.82) is 0 Å². The Balaban J connectivity index is 5.24. The maximum atomic E-state index is 13.1. The van der Waals surface area contributed by atoms with Crippen molar-refractivity contribution in [3.8, 4) is 0 Å². The summed E-state index contributed by atoms with van der Waals surface area (Å²) in [5.74, 6) is 0.220. The van der Waals surface area contributed by atoms with Crippen LogP contribution in [0.15, 0.2) is 0 Å². The zero-order chi connectivity index (χ0) is 68.7. The Bertz CT molecular complexity index is 1820. The fraction of sp³-hybridized carbons (Fsp3) is 0.946. The van der Waals surface area contributed by atoms with Crippen LogP contribution in [-0.4, -0.2) is 96.7 Å². The van der Waals surface area contributed by atoms with E-state index in [2.05, 4.69) is 48.5 Å². The van der Waals surface area contributed by atoms with E-state index in [9.17, 15) is 43.2 Å². The van der Waals surface area contributed by atoms with Gasteiger partial charge in [0.25, 0.3) is 0 Å². The Morgan fingerprint density at radius 2 is 0.548 bits per heavy atom. The largest absolute Gasteiger partial charge is 0.472 e. The van der Waals surface area contributed by atoms with Gasteiger partial charge in [-0.1, -0.05) is 325 Å². The SMILES string of the molecule is CCCCCCCCCCCCC(=O)OC[C@H](COP(=O)(O)OC[C@H](O)COP(=O)(O)OC[C@@H](COC(=O)CCCCCCCCCCCCC(C)C)OC(=O)CCCCCCCCCCCCCCCCC(C)CC)OC(=O)CCCCCCCCCCCC(C)C. The molecule has 0 aromatic rings. The lowest BCUT2D eigenvalue weighted by molar-refractivity contribution is -0.161. The lowest BCUT2D eigenvalue weighted by Gasteiger charge is -2.21. The van der Waals surface area contributed by atoms with Gasteiger partial charge in [-0.2, -0.15) is 0 Å². The number of hydrogen-bond acceptors (Lipinski definition) is 15. The smallest absolute Gasteiger partial charge is 0.462 e. The van der Waals surface area contributed by atoms with E-state index in [1.54, 1.807) is 0 Å². The molecule has 3 N–H and O–H groups in total.